The third-order valence-corrected chi connectivity index (χ3v) is 5.53. The van der Waals surface area contributed by atoms with E-state index < -0.39 is 16.7 Å². The summed E-state index contributed by atoms with van der Waals surface area (Å²) in [5, 5.41) is 27.6. The van der Waals surface area contributed by atoms with Crippen LogP contribution in [0, 0.1) is 10.1 Å². The maximum Gasteiger partial charge on any atom is 0.287 e. The predicted molar refractivity (Wildman–Crippen MR) is 140 cm³/mol. The molecule has 0 unspecified atom stereocenters. The Morgan fingerprint density at radius 3 is 2.43 bits per heavy atom. The minimum atomic E-state index is -0.803. The second-order valence-electron chi connectivity index (χ2n) is 7.31. The van der Waals surface area contributed by atoms with E-state index in [-0.39, 0.29) is 27.2 Å². The number of methoxy groups -OCH3 is 2. The lowest BCUT2D eigenvalue weighted by atomic mass is 10.1. The Labute approximate surface area is 219 Å². The van der Waals surface area contributed by atoms with Crippen molar-refractivity contribution in [2.24, 2.45) is 5.10 Å². The molecule has 0 radical (unpaired) electrons. The second kappa shape index (κ2) is 12.3. The van der Waals surface area contributed by atoms with Crippen molar-refractivity contribution in [1.29, 1.82) is 0 Å². The van der Waals surface area contributed by atoms with Crippen LogP contribution >= 0.6 is 15.9 Å². The number of non-ortho nitro benzene ring substituents is 1. The summed E-state index contributed by atoms with van der Waals surface area (Å²) in [7, 11) is 2.95. The number of amides is 2. The van der Waals surface area contributed by atoms with Crippen LogP contribution < -0.4 is 20.2 Å². The Kier molecular flexibility index (Phi) is 8.95. The van der Waals surface area contributed by atoms with Crippen LogP contribution in [-0.2, 0) is 4.79 Å². The summed E-state index contributed by atoms with van der Waals surface area (Å²) in [5.41, 5.74) is 2.55. The van der Waals surface area contributed by atoms with E-state index in [0.717, 1.165) is 18.3 Å². The van der Waals surface area contributed by atoms with Gasteiger partial charge in [-0.3, -0.25) is 19.7 Å². The number of nitro benzene ring substituents is 1. The van der Waals surface area contributed by atoms with Gasteiger partial charge >= 0.3 is 0 Å². The average Bonchev–Trinajstić information content (AvgIpc) is 2.90. The molecule has 0 aliphatic rings. The van der Waals surface area contributed by atoms with Crippen molar-refractivity contribution in [3.05, 3.63) is 97.6 Å². The molecule has 3 aromatic rings. The molecule has 2 amide bonds. The van der Waals surface area contributed by atoms with Crippen molar-refractivity contribution >= 4 is 45.7 Å². The van der Waals surface area contributed by atoms with E-state index in [1.165, 1.54) is 20.3 Å². The van der Waals surface area contributed by atoms with Crippen LogP contribution in [-0.4, -0.2) is 42.3 Å². The second-order valence-corrected chi connectivity index (χ2v) is 8.16. The Hall–Kier alpha value is -4.71. The average molecular weight is 569 g/mol. The zero-order valence-corrected chi connectivity index (χ0v) is 21.2. The van der Waals surface area contributed by atoms with Crippen molar-refractivity contribution in [2.45, 2.75) is 0 Å². The molecule has 0 saturated heterocycles. The topological polar surface area (TPSA) is 152 Å². The number of phenolic OH excluding ortho intramolecular Hbond substituents is 1. The number of benzene rings is 3. The highest BCUT2D eigenvalue weighted by atomic mass is 79.9. The number of hydrogen-bond acceptors (Lipinski definition) is 8. The van der Waals surface area contributed by atoms with Gasteiger partial charge in [0.1, 0.15) is 22.9 Å². The Balaban J connectivity index is 1.92. The SMILES string of the molecule is COc1ccc(/C=C(/NC(=O)c2ccccc2)C(=O)NN=Cc2cc([N+](=O)[O-])cc(Br)c2O)c(OC)c1. The number of hydrazone groups is 1. The van der Waals surface area contributed by atoms with Gasteiger partial charge in [0, 0.05) is 34.9 Å². The van der Waals surface area contributed by atoms with Gasteiger partial charge < -0.3 is 19.9 Å². The third kappa shape index (κ3) is 6.92. The van der Waals surface area contributed by atoms with E-state index in [1.807, 2.05) is 0 Å². The molecule has 190 valence electrons. The van der Waals surface area contributed by atoms with Gasteiger partial charge in [0.05, 0.1) is 29.8 Å². The first-order chi connectivity index (χ1) is 17.7. The quantitative estimate of drug-likeness (QED) is 0.152. The fourth-order valence-electron chi connectivity index (χ4n) is 3.07. The van der Waals surface area contributed by atoms with Gasteiger partial charge in [-0.1, -0.05) is 18.2 Å². The lowest BCUT2D eigenvalue weighted by molar-refractivity contribution is -0.385. The molecule has 0 aromatic heterocycles. The molecule has 3 rings (SSSR count). The number of aromatic hydroxyl groups is 1. The first-order valence-corrected chi connectivity index (χ1v) is 11.3. The molecular formula is C25H21BrN4O7. The van der Waals surface area contributed by atoms with E-state index in [4.69, 9.17) is 9.47 Å². The summed E-state index contributed by atoms with van der Waals surface area (Å²) in [4.78, 5) is 36.2. The van der Waals surface area contributed by atoms with Crippen LogP contribution in [0.25, 0.3) is 6.08 Å². The van der Waals surface area contributed by atoms with Crippen molar-refractivity contribution in [1.82, 2.24) is 10.7 Å². The highest BCUT2D eigenvalue weighted by molar-refractivity contribution is 9.10. The molecule has 0 atom stereocenters. The first kappa shape index (κ1) is 26.9. The molecule has 3 aromatic carbocycles. The summed E-state index contributed by atoms with van der Waals surface area (Å²) in [6.45, 7) is 0. The first-order valence-electron chi connectivity index (χ1n) is 10.5. The van der Waals surface area contributed by atoms with Crippen molar-refractivity contribution in [3.8, 4) is 17.2 Å². The maximum atomic E-state index is 13.0. The largest absolute Gasteiger partial charge is 0.506 e. The van der Waals surface area contributed by atoms with Crippen molar-refractivity contribution < 1.29 is 29.1 Å². The molecule has 11 nitrogen and oxygen atoms in total. The zero-order chi connectivity index (χ0) is 26.9. The Morgan fingerprint density at radius 1 is 1.05 bits per heavy atom. The summed E-state index contributed by atoms with van der Waals surface area (Å²) in [6, 6.07) is 15.4. The lowest BCUT2D eigenvalue weighted by Crippen LogP contribution is -2.32. The molecule has 0 spiro atoms. The van der Waals surface area contributed by atoms with Crippen molar-refractivity contribution in [3.63, 3.8) is 0 Å². The van der Waals surface area contributed by atoms with E-state index in [0.29, 0.717) is 22.6 Å². The van der Waals surface area contributed by atoms with Crippen LogP contribution in [0.15, 0.2) is 75.9 Å². The van der Waals surface area contributed by atoms with Crippen LogP contribution in [0.1, 0.15) is 21.5 Å². The smallest absolute Gasteiger partial charge is 0.287 e. The number of rotatable bonds is 9. The molecule has 0 aliphatic heterocycles. The van der Waals surface area contributed by atoms with E-state index in [1.54, 1.807) is 48.5 Å². The molecule has 0 fully saturated rings. The molecular weight excluding hydrogens is 548 g/mol. The minimum absolute atomic E-state index is 0.0166. The number of halogens is 1. The van der Waals surface area contributed by atoms with Gasteiger partial charge in [0.2, 0.25) is 0 Å². The van der Waals surface area contributed by atoms with Gasteiger partial charge in [-0.15, -0.1) is 0 Å². The van der Waals surface area contributed by atoms with E-state index >= 15 is 0 Å². The van der Waals surface area contributed by atoms with Crippen molar-refractivity contribution in [2.75, 3.05) is 14.2 Å². The zero-order valence-electron chi connectivity index (χ0n) is 19.6. The highest BCUT2D eigenvalue weighted by Gasteiger charge is 2.17. The summed E-state index contributed by atoms with van der Waals surface area (Å²) < 4.78 is 10.6. The number of hydrogen-bond donors (Lipinski definition) is 3. The minimum Gasteiger partial charge on any atom is -0.506 e. The van der Waals surface area contributed by atoms with Gasteiger partial charge in [-0.25, -0.2) is 5.43 Å². The maximum absolute atomic E-state index is 13.0. The monoisotopic (exact) mass is 568 g/mol. The fourth-order valence-corrected chi connectivity index (χ4v) is 3.53. The van der Waals surface area contributed by atoms with Crippen LogP contribution in [0.5, 0.6) is 17.2 Å². The fraction of sp³-hybridized carbons (Fsp3) is 0.0800. The Bertz CT molecular complexity index is 1390. The molecule has 37 heavy (non-hydrogen) atoms. The number of ether oxygens (including phenoxy) is 2. The molecule has 0 aliphatic carbocycles. The molecule has 3 N–H and O–H groups in total. The van der Waals surface area contributed by atoms with E-state index in [2.05, 4.69) is 31.8 Å². The molecule has 12 heteroatoms. The molecule has 0 bridgehead atoms. The predicted octanol–water partition coefficient (Wildman–Crippen LogP) is 4.00. The van der Waals surface area contributed by atoms with Crippen LogP contribution in [0.2, 0.25) is 0 Å². The number of phenols is 1. The standard InChI is InChI=1S/C25H21BrN4O7/c1-36-19-9-8-16(22(13-19)37-2)11-21(28-24(32)15-6-4-3-5-7-15)25(33)29-27-14-17-10-18(30(34)35)12-20(26)23(17)31/h3-14,31H,1-2H3,(H,28,32)(H,29,33)/b21-11+,27-14?. The molecule has 0 heterocycles. The third-order valence-electron chi connectivity index (χ3n) is 4.93. The van der Waals surface area contributed by atoms with Gasteiger partial charge in [0.25, 0.3) is 17.5 Å². The van der Waals surface area contributed by atoms with Gasteiger partial charge in [0.15, 0.2) is 0 Å². The van der Waals surface area contributed by atoms with Gasteiger partial charge in [-0.2, -0.15) is 5.10 Å². The normalized spacial score (nSPS) is 11.2. The lowest BCUT2D eigenvalue weighted by Gasteiger charge is -2.11. The number of nitro groups is 1. The molecule has 0 saturated carbocycles. The van der Waals surface area contributed by atoms with E-state index in [9.17, 15) is 24.8 Å². The number of nitrogens with one attached hydrogen (secondary N) is 2. The van der Waals surface area contributed by atoms with Crippen LogP contribution in [0.3, 0.4) is 0 Å². The highest BCUT2D eigenvalue weighted by Crippen LogP contribution is 2.31. The number of carbonyl (C=O) groups is 2. The number of carbonyl (C=O) groups excluding carboxylic acids is 2. The summed E-state index contributed by atoms with van der Waals surface area (Å²) in [5.74, 6) is -0.741. The number of nitrogens with zero attached hydrogens (tertiary/aromatic N) is 2. The van der Waals surface area contributed by atoms with Crippen LogP contribution in [0.4, 0.5) is 5.69 Å². The summed E-state index contributed by atoms with van der Waals surface area (Å²) >= 11 is 3.04. The Morgan fingerprint density at radius 2 is 1.78 bits per heavy atom. The van der Waals surface area contributed by atoms with Gasteiger partial charge in [-0.05, 0) is 46.3 Å². The summed E-state index contributed by atoms with van der Waals surface area (Å²) in [6.07, 6.45) is 2.43.